The van der Waals surface area contributed by atoms with E-state index >= 15 is 0 Å². The molecule has 2 bridgehead atoms. The molecule has 0 spiro atoms. The molecule has 142 valence electrons. The number of amides is 2. The zero-order valence-electron chi connectivity index (χ0n) is 15.5. The summed E-state index contributed by atoms with van der Waals surface area (Å²) in [6.45, 7) is 5.45. The molecule has 3 fully saturated rings. The van der Waals surface area contributed by atoms with E-state index in [9.17, 15) is 4.79 Å². The second-order valence-corrected chi connectivity index (χ2v) is 7.98. The fraction of sp³-hybridized carbons (Fsp3) is 0.650. The summed E-state index contributed by atoms with van der Waals surface area (Å²) in [5.41, 5.74) is 2.01. The predicted octanol–water partition coefficient (Wildman–Crippen LogP) is 2.56. The molecule has 3 aliphatic heterocycles. The van der Waals surface area contributed by atoms with Gasteiger partial charge in [0.15, 0.2) is 0 Å². The van der Waals surface area contributed by atoms with Gasteiger partial charge in [0.05, 0.1) is 12.7 Å². The van der Waals surface area contributed by atoms with Crippen LogP contribution in [0, 0.1) is 5.92 Å². The van der Waals surface area contributed by atoms with Gasteiger partial charge >= 0.3 is 6.03 Å². The van der Waals surface area contributed by atoms with Gasteiger partial charge in [-0.25, -0.2) is 4.79 Å². The highest BCUT2D eigenvalue weighted by atomic mass is 16.5. The van der Waals surface area contributed by atoms with E-state index < -0.39 is 0 Å². The Labute approximate surface area is 155 Å². The Morgan fingerprint density at radius 3 is 2.65 bits per heavy atom. The third-order valence-electron chi connectivity index (χ3n) is 5.85. The van der Waals surface area contributed by atoms with Crippen LogP contribution in [0.5, 0.6) is 0 Å². The molecule has 3 heterocycles. The van der Waals surface area contributed by atoms with Crippen molar-refractivity contribution >= 4 is 17.4 Å². The van der Waals surface area contributed by atoms with E-state index in [1.165, 1.54) is 31.4 Å². The number of rotatable bonds is 4. The van der Waals surface area contributed by atoms with Crippen LogP contribution in [0.3, 0.4) is 0 Å². The first kappa shape index (κ1) is 17.6. The lowest BCUT2D eigenvalue weighted by Crippen LogP contribution is -2.42. The van der Waals surface area contributed by atoms with Gasteiger partial charge < -0.3 is 25.6 Å². The summed E-state index contributed by atoms with van der Waals surface area (Å²) in [6, 6.07) is 9.30. The van der Waals surface area contributed by atoms with Gasteiger partial charge in [0, 0.05) is 43.1 Å². The van der Waals surface area contributed by atoms with Crippen LogP contribution in [0.15, 0.2) is 24.3 Å². The Morgan fingerprint density at radius 1 is 1.23 bits per heavy atom. The molecule has 26 heavy (non-hydrogen) atoms. The van der Waals surface area contributed by atoms with Gasteiger partial charge in [0.1, 0.15) is 0 Å². The Balaban J connectivity index is 1.24. The molecule has 6 heteroatoms. The van der Waals surface area contributed by atoms with Crippen molar-refractivity contribution in [1.82, 2.24) is 10.6 Å². The molecule has 3 saturated heterocycles. The number of ether oxygens (including phenoxy) is 1. The molecule has 4 rings (SSSR count). The largest absolute Gasteiger partial charge is 0.375 e. The maximum Gasteiger partial charge on any atom is 0.319 e. The summed E-state index contributed by atoms with van der Waals surface area (Å²) in [6.07, 6.45) is 5.22. The van der Waals surface area contributed by atoms with Crippen molar-refractivity contribution in [3.8, 4) is 0 Å². The summed E-state index contributed by atoms with van der Waals surface area (Å²) in [4.78, 5) is 14.5. The lowest BCUT2D eigenvalue weighted by atomic mass is 9.92. The van der Waals surface area contributed by atoms with Crippen molar-refractivity contribution < 1.29 is 9.53 Å². The molecule has 2 amide bonds. The van der Waals surface area contributed by atoms with Crippen LogP contribution < -0.4 is 20.9 Å². The van der Waals surface area contributed by atoms with Crippen LogP contribution in [-0.2, 0) is 4.74 Å². The molecule has 2 unspecified atom stereocenters. The summed E-state index contributed by atoms with van der Waals surface area (Å²) >= 11 is 0. The summed E-state index contributed by atoms with van der Waals surface area (Å²) < 4.78 is 5.59. The third-order valence-corrected chi connectivity index (χ3v) is 5.85. The van der Waals surface area contributed by atoms with Gasteiger partial charge in [0.25, 0.3) is 0 Å². The maximum atomic E-state index is 12.2. The number of hydrogen-bond acceptors (Lipinski definition) is 4. The fourth-order valence-electron chi connectivity index (χ4n) is 4.56. The lowest BCUT2D eigenvalue weighted by Gasteiger charge is -2.33. The van der Waals surface area contributed by atoms with Crippen LogP contribution in [-0.4, -0.2) is 50.5 Å². The van der Waals surface area contributed by atoms with E-state index in [4.69, 9.17) is 4.74 Å². The second-order valence-electron chi connectivity index (χ2n) is 7.98. The van der Waals surface area contributed by atoms with Crippen molar-refractivity contribution in [2.24, 2.45) is 5.92 Å². The highest BCUT2D eigenvalue weighted by Gasteiger charge is 2.33. The van der Waals surface area contributed by atoms with Gasteiger partial charge in [-0.3, -0.25) is 0 Å². The molecule has 3 aliphatic rings. The van der Waals surface area contributed by atoms with E-state index in [0.29, 0.717) is 18.0 Å². The van der Waals surface area contributed by atoms with E-state index in [1.54, 1.807) is 0 Å². The van der Waals surface area contributed by atoms with E-state index in [1.807, 2.05) is 12.1 Å². The number of carbonyl (C=O) groups excluding carboxylic acids is 1. The fourth-order valence-corrected chi connectivity index (χ4v) is 4.56. The number of carbonyl (C=O) groups is 1. The molecule has 1 aromatic carbocycles. The molecule has 3 N–H and O–H groups in total. The standard InChI is InChI=1S/C20H30N4O2/c1-14-13-24(8-9-26-14)19-6-4-16(5-7-19)23-20(25)21-12-15-10-17-2-3-18(11-15)22-17/h4-7,14-15,17-18,22H,2-3,8-13H2,1H3,(H2,21,23,25)/t14?,15?,17-,18+. The molecular weight excluding hydrogens is 328 g/mol. The van der Waals surface area contributed by atoms with Gasteiger partial charge in [-0.05, 0) is 62.8 Å². The summed E-state index contributed by atoms with van der Waals surface area (Å²) in [5, 5.41) is 9.64. The molecule has 1 aromatic rings. The average Bonchev–Trinajstić information content (AvgIpc) is 2.99. The Morgan fingerprint density at radius 2 is 1.96 bits per heavy atom. The number of fused-ring (bicyclic) bond motifs is 2. The first-order chi connectivity index (χ1) is 12.7. The normalized spacial score (nSPS) is 30.9. The number of anilines is 2. The number of benzene rings is 1. The van der Waals surface area contributed by atoms with Crippen molar-refractivity contribution in [2.75, 3.05) is 36.5 Å². The Bertz CT molecular complexity index is 609. The second kappa shape index (κ2) is 7.84. The number of morpholine rings is 1. The molecule has 0 radical (unpaired) electrons. The van der Waals surface area contributed by atoms with Crippen LogP contribution >= 0.6 is 0 Å². The smallest absolute Gasteiger partial charge is 0.319 e. The number of hydrogen-bond donors (Lipinski definition) is 3. The molecule has 0 aliphatic carbocycles. The van der Waals surface area contributed by atoms with Crippen molar-refractivity contribution in [3.63, 3.8) is 0 Å². The van der Waals surface area contributed by atoms with E-state index in [0.717, 1.165) is 31.9 Å². The van der Waals surface area contributed by atoms with Gasteiger partial charge in [-0.1, -0.05) is 0 Å². The molecule has 6 nitrogen and oxygen atoms in total. The first-order valence-electron chi connectivity index (χ1n) is 9.93. The molecule has 0 aromatic heterocycles. The Kier molecular flexibility index (Phi) is 5.31. The monoisotopic (exact) mass is 358 g/mol. The average molecular weight is 358 g/mol. The number of urea groups is 1. The quantitative estimate of drug-likeness (QED) is 0.774. The summed E-state index contributed by atoms with van der Waals surface area (Å²) in [5.74, 6) is 0.602. The summed E-state index contributed by atoms with van der Waals surface area (Å²) in [7, 11) is 0. The SMILES string of the molecule is CC1CN(c2ccc(NC(=O)NCC3C[C@H]4CC[C@@H](C3)N4)cc2)CCO1. The molecule has 4 atom stereocenters. The minimum Gasteiger partial charge on any atom is -0.375 e. The first-order valence-corrected chi connectivity index (χ1v) is 9.93. The highest BCUT2D eigenvalue weighted by molar-refractivity contribution is 5.89. The number of nitrogens with zero attached hydrogens (tertiary/aromatic N) is 1. The maximum absolute atomic E-state index is 12.2. The topological polar surface area (TPSA) is 65.6 Å². The van der Waals surface area contributed by atoms with Crippen LogP contribution in [0.4, 0.5) is 16.2 Å². The minimum absolute atomic E-state index is 0.108. The van der Waals surface area contributed by atoms with Gasteiger partial charge in [-0.15, -0.1) is 0 Å². The van der Waals surface area contributed by atoms with Crippen molar-refractivity contribution in [3.05, 3.63) is 24.3 Å². The van der Waals surface area contributed by atoms with Crippen LogP contribution in [0.25, 0.3) is 0 Å². The van der Waals surface area contributed by atoms with Gasteiger partial charge in [-0.2, -0.15) is 0 Å². The van der Waals surface area contributed by atoms with Crippen LogP contribution in [0.1, 0.15) is 32.6 Å². The number of piperidine rings is 1. The highest BCUT2D eigenvalue weighted by Crippen LogP contribution is 2.30. The lowest BCUT2D eigenvalue weighted by molar-refractivity contribution is 0.0532. The minimum atomic E-state index is -0.108. The molecular formula is C20H30N4O2. The number of nitrogens with one attached hydrogen (secondary N) is 3. The zero-order chi connectivity index (χ0) is 17.9. The predicted molar refractivity (Wildman–Crippen MR) is 104 cm³/mol. The third kappa shape index (κ3) is 4.30. The molecule has 0 saturated carbocycles. The van der Waals surface area contributed by atoms with Crippen LogP contribution in [0.2, 0.25) is 0 Å². The van der Waals surface area contributed by atoms with Gasteiger partial charge in [0.2, 0.25) is 0 Å². The Hall–Kier alpha value is -1.79. The van der Waals surface area contributed by atoms with Crippen molar-refractivity contribution in [2.45, 2.75) is 50.8 Å². The van der Waals surface area contributed by atoms with Crippen molar-refractivity contribution in [1.29, 1.82) is 0 Å². The van der Waals surface area contributed by atoms with E-state index in [-0.39, 0.29) is 12.1 Å². The van der Waals surface area contributed by atoms with E-state index in [2.05, 4.69) is 39.9 Å². The zero-order valence-corrected chi connectivity index (χ0v) is 15.5.